The molecule has 0 unspecified atom stereocenters. The number of nitrogens with one attached hydrogen (secondary N) is 1. The van der Waals surface area contributed by atoms with Gasteiger partial charge in [0.25, 0.3) is 5.91 Å². The highest BCUT2D eigenvalue weighted by atomic mass is 19.1. The summed E-state index contributed by atoms with van der Waals surface area (Å²) in [6, 6.07) is 7.71. The normalized spacial score (nSPS) is 14.3. The molecular weight excluding hydrogens is 349 g/mol. The first-order valence-electron chi connectivity index (χ1n) is 9.01. The second-order valence-electron chi connectivity index (χ2n) is 6.79. The Morgan fingerprint density at radius 2 is 1.74 bits per heavy atom. The highest BCUT2D eigenvalue weighted by Gasteiger charge is 2.24. The zero-order valence-corrected chi connectivity index (χ0v) is 15.6. The molecule has 2 aromatic rings. The van der Waals surface area contributed by atoms with Crippen molar-refractivity contribution in [3.63, 3.8) is 0 Å². The average molecular weight is 373 g/mol. The monoisotopic (exact) mass is 373 g/mol. The molecule has 1 saturated heterocycles. The number of ether oxygens (including phenoxy) is 1. The number of carbonyl (C=O) groups excluding carboxylic acids is 2. The summed E-state index contributed by atoms with van der Waals surface area (Å²) in [6.07, 6.45) is 0.368. The molecule has 2 amide bonds. The molecule has 1 aromatic heterocycles. The number of aromatic amines is 1. The number of halogens is 1. The average Bonchev–Trinajstić information content (AvgIpc) is 2.97. The maximum absolute atomic E-state index is 13.1. The molecule has 1 aliphatic rings. The summed E-state index contributed by atoms with van der Waals surface area (Å²) in [5.41, 5.74) is 3.08. The van der Waals surface area contributed by atoms with Crippen LogP contribution in [0, 0.1) is 19.7 Å². The highest BCUT2D eigenvalue weighted by molar-refractivity contribution is 5.80. The van der Waals surface area contributed by atoms with Crippen LogP contribution in [0.25, 0.3) is 0 Å². The summed E-state index contributed by atoms with van der Waals surface area (Å²) in [5, 5.41) is 0. The number of nitrogens with zero attached hydrogens (tertiary/aromatic N) is 2. The lowest BCUT2D eigenvalue weighted by molar-refractivity contribution is -0.140. The number of H-pyrrole nitrogens is 1. The van der Waals surface area contributed by atoms with E-state index in [1.54, 1.807) is 15.9 Å². The summed E-state index contributed by atoms with van der Waals surface area (Å²) in [6.45, 7) is 5.76. The third-order valence-corrected chi connectivity index (χ3v) is 4.74. The molecule has 3 rings (SSSR count). The molecule has 7 heteroatoms. The number of aryl methyl sites for hydroxylation is 2. The van der Waals surface area contributed by atoms with E-state index >= 15 is 0 Å². The predicted octanol–water partition coefficient (Wildman–Crippen LogP) is 2.06. The van der Waals surface area contributed by atoms with Gasteiger partial charge in [-0.05, 0) is 37.6 Å². The van der Waals surface area contributed by atoms with Crippen molar-refractivity contribution < 1.29 is 18.7 Å². The van der Waals surface area contributed by atoms with Crippen molar-refractivity contribution in [2.75, 3.05) is 32.8 Å². The summed E-state index contributed by atoms with van der Waals surface area (Å²) >= 11 is 0. The fraction of sp³-hybridized carbons (Fsp3) is 0.400. The molecular formula is C20H24FN3O3. The first-order chi connectivity index (χ1) is 12.9. The lowest BCUT2D eigenvalue weighted by Crippen LogP contribution is -2.52. The van der Waals surface area contributed by atoms with Gasteiger partial charge in [0.05, 0.1) is 6.42 Å². The third-order valence-electron chi connectivity index (χ3n) is 4.74. The van der Waals surface area contributed by atoms with E-state index in [-0.39, 0.29) is 18.4 Å². The SMILES string of the molecule is Cc1cc(CC(=O)N2CCN(C(=O)COc3cccc(F)c3)CC2)c(C)[nH]1. The van der Waals surface area contributed by atoms with Crippen LogP contribution in [0.3, 0.4) is 0 Å². The van der Waals surface area contributed by atoms with Gasteiger partial charge >= 0.3 is 0 Å². The molecule has 0 spiro atoms. The fourth-order valence-corrected chi connectivity index (χ4v) is 3.24. The predicted molar refractivity (Wildman–Crippen MR) is 99.0 cm³/mol. The number of hydrogen-bond acceptors (Lipinski definition) is 3. The van der Waals surface area contributed by atoms with Crippen LogP contribution < -0.4 is 4.74 Å². The zero-order valence-electron chi connectivity index (χ0n) is 15.6. The van der Waals surface area contributed by atoms with Gasteiger partial charge in [0, 0.05) is 43.6 Å². The first kappa shape index (κ1) is 18.9. The van der Waals surface area contributed by atoms with Crippen LogP contribution in [0.2, 0.25) is 0 Å². The van der Waals surface area contributed by atoms with Crippen LogP contribution >= 0.6 is 0 Å². The van der Waals surface area contributed by atoms with Gasteiger partial charge in [-0.2, -0.15) is 0 Å². The molecule has 27 heavy (non-hydrogen) atoms. The van der Waals surface area contributed by atoms with Crippen molar-refractivity contribution in [2.45, 2.75) is 20.3 Å². The van der Waals surface area contributed by atoms with E-state index < -0.39 is 5.82 Å². The number of piperazine rings is 1. The van der Waals surface area contributed by atoms with Crippen molar-refractivity contribution in [1.82, 2.24) is 14.8 Å². The molecule has 0 radical (unpaired) electrons. The van der Waals surface area contributed by atoms with Gasteiger partial charge in [-0.15, -0.1) is 0 Å². The van der Waals surface area contributed by atoms with Gasteiger partial charge in [-0.25, -0.2) is 4.39 Å². The topological polar surface area (TPSA) is 65.6 Å². The Bertz CT molecular complexity index is 826. The second-order valence-corrected chi connectivity index (χ2v) is 6.79. The van der Waals surface area contributed by atoms with E-state index in [0.29, 0.717) is 38.3 Å². The number of benzene rings is 1. The van der Waals surface area contributed by atoms with Gasteiger partial charge < -0.3 is 19.5 Å². The van der Waals surface area contributed by atoms with E-state index in [2.05, 4.69) is 4.98 Å². The Kier molecular flexibility index (Phi) is 5.78. The van der Waals surface area contributed by atoms with Gasteiger partial charge in [-0.1, -0.05) is 6.07 Å². The van der Waals surface area contributed by atoms with Gasteiger partial charge in [0.1, 0.15) is 11.6 Å². The standard InChI is InChI=1S/C20H24FN3O3/c1-14-10-16(15(2)22-14)11-19(25)23-6-8-24(9-7-23)20(26)13-27-18-5-3-4-17(21)12-18/h3-5,10,12,22H,6-9,11,13H2,1-2H3. The maximum atomic E-state index is 13.1. The Morgan fingerprint density at radius 1 is 1.07 bits per heavy atom. The molecule has 1 aliphatic heterocycles. The van der Waals surface area contributed by atoms with E-state index in [9.17, 15) is 14.0 Å². The van der Waals surface area contributed by atoms with Gasteiger partial charge in [0.15, 0.2) is 6.61 Å². The Hall–Kier alpha value is -2.83. The minimum absolute atomic E-state index is 0.0696. The van der Waals surface area contributed by atoms with Crippen molar-refractivity contribution in [3.05, 3.63) is 53.1 Å². The largest absolute Gasteiger partial charge is 0.484 e. The van der Waals surface area contributed by atoms with Crippen LogP contribution in [-0.4, -0.2) is 59.4 Å². The molecule has 6 nitrogen and oxygen atoms in total. The summed E-state index contributed by atoms with van der Waals surface area (Å²) in [5.74, 6) is -0.169. The number of aromatic nitrogens is 1. The summed E-state index contributed by atoms with van der Waals surface area (Å²) in [7, 11) is 0. The Balaban J connectivity index is 1.45. The van der Waals surface area contributed by atoms with Gasteiger partial charge in [-0.3, -0.25) is 9.59 Å². The highest BCUT2D eigenvalue weighted by Crippen LogP contribution is 2.14. The van der Waals surface area contributed by atoms with Crippen LogP contribution in [0.4, 0.5) is 4.39 Å². The molecule has 0 atom stereocenters. The number of carbonyl (C=O) groups is 2. The Labute approximate surface area is 157 Å². The molecule has 1 aromatic carbocycles. The fourth-order valence-electron chi connectivity index (χ4n) is 3.24. The number of amides is 2. The van der Waals surface area contributed by atoms with Crippen LogP contribution in [0.1, 0.15) is 17.0 Å². The van der Waals surface area contributed by atoms with Crippen molar-refractivity contribution in [2.24, 2.45) is 0 Å². The zero-order chi connectivity index (χ0) is 19.4. The maximum Gasteiger partial charge on any atom is 0.260 e. The Morgan fingerprint density at radius 3 is 2.33 bits per heavy atom. The van der Waals surface area contributed by atoms with E-state index in [1.807, 2.05) is 19.9 Å². The molecule has 1 N–H and O–H groups in total. The second kappa shape index (κ2) is 8.24. The quantitative estimate of drug-likeness (QED) is 0.873. The smallest absolute Gasteiger partial charge is 0.260 e. The molecule has 0 saturated carbocycles. The molecule has 2 heterocycles. The lowest BCUT2D eigenvalue weighted by Gasteiger charge is -2.34. The van der Waals surface area contributed by atoms with Crippen LogP contribution in [0.5, 0.6) is 5.75 Å². The number of hydrogen-bond donors (Lipinski definition) is 1. The third kappa shape index (κ3) is 4.87. The lowest BCUT2D eigenvalue weighted by atomic mass is 10.1. The van der Waals surface area contributed by atoms with E-state index in [1.165, 1.54) is 18.2 Å². The first-order valence-corrected chi connectivity index (χ1v) is 9.01. The number of rotatable bonds is 5. The van der Waals surface area contributed by atoms with Crippen molar-refractivity contribution >= 4 is 11.8 Å². The minimum atomic E-state index is -0.403. The van der Waals surface area contributed by atoms with Gasteiger partial charge in [0.2, 0.25) is 5.91 Å². The van der Waals surface area contributed by atoms with Crippen molar-refractivity contribution in [3.8, 4) is 5.75 Å². The van der Waals surface area contributed by atoms with Crippen LogP contribution in [0.15, 0.2) is 30.3 Å². The molecule has 1 fully saturated rings. The van der Waals surface area contributed by atoms with Crippen molar-refractivity contribution in [1.29, 1.82) is 0 Å². The van der Waals surface area contributed by atoms with E-state index in [4.69, 9.17) is 4.74 Å². The van der Waals surface area contributed by atoms with Crippen LogP contribution in [-0.2, 0) is 16.0 Å². The molecule has 0 aliphatic carbocycles. The summed E-state index contributed by atoms with van der Waals surface area (Å²) < 4.78 is 18.5. The molecule has 0 bridgehead atoms. The minimum Gasteiger partial charge on any atom is -0.484 e. The van der Waals surface area contributed by atoms with E-state index in [0.717, 1.165) is 17.0 Å². The summed E-state index contributed by atoms with van der Waals surface area (Å²) in [4.78, 5) is 31.4. The molecule has 144 valence electrons.